The van der Waals surface area contributed by atoms with Crippen LogP contribution in [0.4, 0.5) is 0 Å². The monoisotopic (exact) mass is 200 g/mol. The van der Waals surface area contributed by atoms with Gasteiger partial charge in [0.25, 0.3) is 0 Å². The Morgan fingerprint density at radius 1 is 1.36 bits per heavy atom. The normalized spacial score (nSPS) is 18.4. The van der Waals surface area contributed by atoms with Crippen LogP contribution in [0.1, 0.15) is 6.42 Å². The maximum absolute atomic E-state index is 11.3. The van der Waals surface area contributed by atoms with Crippen LogP contribution >= 0.6 is 0 Å². The maximum Gasteiger partial charge on any atom is 0.323 e. The number of carboxylic acid groups (broad SMARTS) is 1. The lowest BCUT2D eigenvalue weighted by atomic mass is 10.3. The van der Waals surface area contributed by atoms with E-state index in [1.807, 2.05) is 0 Å². The Bertz CT molecular complexity index is 277. The highest BCUT2D eigenvalue weighted by atomic mass is 16.4. The Labute approximate surface area is 81.1 Å². The summed E-state index contributed by atoms with van der Waals surface area (Å²) in [7, 11) is 1.60. The van der Waals surface area contributed by atoms with Gasteiger partial charge in [-0.3, -0.25) is 14.4 Å². The van der Waals surface area contributed by atoms with Gasteiger partial charge in [0.15, 0.2) is 0 Å². The van der Waals surface area contributed by atoms with Crippen molar-refractivity contribution >= 4 is 17.8 Å². The molecular weight excluding hydrogens is 188 g/mol. The number of hydrogen-bond acceptors (Lipinski definition) is 3. The Kier molecular flexibility index (Phi) is 3.06. The molecule has 0 bridgehead atoms. The highest BCUT2D eigenvalue weighted by Gasteiger charge is 2.25. The van der Waals surface area contributed by atoms with Crippen molar-refractivity contribution in [1.29, 1.82) is 0 Å². The first kappa shape index (κ1) is 10.5. The lowest BCUT2D eigenvalue weighted by molar-refractivity contribution is -0.145. The van der Waals surface area contributed by atoms with Crippen LogP contribution in [0.5, 0.6) is 0 Å². The molecule has 0 spiro atoms. The van der Waals surface area contributed by atoms with Gasteiger partial charge in [-0.05, 0) is 0 Å². The summed E-state index contributed by atoms with van der Waals surface area (Å²) in [6.45, 7) is 0.338. The van der Waals surface area contributed by atoms with E-state index in [1.54, 1.807) is 7.05 Å². The van der Waals surface area contributed by atoms with Gasteiger partial charge < -0.3 is 14.9 Å². The molecule has 2 amide bonds. The molecule has 78 valence electrons. The molecule has 1 fully saturated rings. The van der Waals surface area contributed by atoms with Crippen molar-refractivity contribution in [2.45, 2.75) is 6.42 Å². The van der Waals surface area contributed by atoms with Gasteiger partial charge in [-0.2, -0.15) is 0 Å². The highest BCUT2D eigenvalue weighted by molar-refractivity contribution is 5.98. The molecule has 14 heavy (non-hydrogen) atoms. The fourth-order valence-electron chi connectivity index (χ4n) is 1.23. The van der Waals surface area contributed by atoms with Crippen molar-refractivity contribution in [1.82, 2.24) is 9.80 Å². The number of carbonyl (C=O) groups is 3. The first-order valence-electron chi connectivity index (χ1n) is 4.24. The number of amides is 2. The van der Waals surface area contributed by atoms with Crippen LogP contribution in [0.15, 0.2) is 0 Å². The molecule has 6 nitrogen and oxygen atoms in total. The molecule has 1 aliphatic rings. The second-order valence-corrected chi connectivity index (χ2v) is 3.20. The summed E-state index contributed by atoms with van der Waals surface area (Å²) < 4.78 is 0. The Morgan fingerprint density at radius 2 is 2.00 bits per heavy atom. The molecule has 0 saturated carbocycles. The maximum atomic E-state index is 11.3. The lowest BCUT2D eigenvalue weighted by Crippen LogP contribution is -2.36. The fraction of sp³-hybridized carbons (Fsp3) is 0.625. The van der Waals surface area contributed by atoms with Gasteiger partial charge in [-0.15, -0.1) is 0 Å². The van der Waals surface area contributed by atoms with E-state index >= 15 is 0 Å². The van der Waals surface area contributed by atoms with Gasteiger partial charge in [-0.25, -0.2) is 0 Å². The number of likely N-dealkylation sites (N-methyl/N-ethyl adjacent to an activating group) is 1. The van der Waals surface area contributed by atoms with Crippen LogP contribution in [0.25, 0.3) is 0 Å². The van der Waals surface area contributed by atoms with E-state index in [0.717, 1.165) is 0 Å². The van der Waals surface area contributed by atoms with Crippen molar-refractivity contribution in [3.8, 4) is 0 Å². The van der Waals surface area contributed by atoms with Crippen molar-refractivity contribution in [3.05, 3.63) is 0 Å². The minimum absolute atomic E-state index is 0.232. The topological polar surface area (TPSA) is 77.9 Å². The van der Waals surface area contributed by atoms with Crippen LogP contribution < -0.4 is 0 Å². The SMILES string of the molecule is CN1CCN(CC(=O)O)C(=O)CC1=O. The summed E-state index contributed by atoms with van der Waals surface area (Å²) in [5.41, 5.74) is 0. The van der Waals surface area contributed by atoms with Gasteiger partial charge in [0, 0.05) is 20.1 Å². The van der Waals surface area contributed by atoms with E-state index < -0.39 is 11.9 Å². The van der Waals surface area contributed by atoms with E-state index in [2.05, 4.69) is 0 Å². The third kappa shape index (κ3) is 2.45. The number of aliphatic carboxylic acids is 1. The Hall–Kier alpha value is -1.59. The zero-order valence-electron chi connectivity index (χ0n) is 7.89. The van der Waals surface area contributed by atoms with Gasteiger partial charge in [0.2, 0.25) is 11.8 Å². The van der Waals surface area contributed by atoms with E-state index in [0.29, 0.717) is 6.54 Å². The smallest absolute Gasteiger partial charge is 0.323 e. The molecule has 1 saturated heterocycles. The molecule has 0 atom stereocenters. The largest absolute Gasteiger partial charge is 0.480 e. The van der Waals surface area contributed by atoms with Crippen LogP contribution in [-0.4, -0.2) is 59.4 Å². The van der Waals surface area contributed by atoms with Crippen molar-refractivity contribution in [2.24, 2.45) is 0 Å². The van der Waals surface area contributed by atoms with Gasteiger partial charge in [-0.1, -0.05) is 0 Å². The third-order valence-electron chi connectivity index (χ3n) is 2.11. The van der Waals surface area contributed by atoms with E-state index in [1.165, 1.54) is 9.80 Å². The number of carbonyl (C=O) groups excluding carboxylic acids is 2. The standard InChI is InChI=1S/C8H12N2O4/c1-9-2-3-10(5-8(13)14)7(12)4-6(9)11/h2-5H2,1H3,(H,13,14). The van der Waals surface area contributed by atoms with Crippen molar-refractivity contribution in [2.75, 3.05) is 26.7 Å². The molecule has 0 aromatic heterocycles. The average molecular weight is 200 g/mol. The third-order valence-corrected chi connectivity index (χ3v) is 2.11. The highest BCUT2D eigenvalue weighted by Crippen LogP contribution is 2.03. The van der Waals surface area contributed by atoms with Crippen LogP contribution in [-0.2, 0) is 14.4 Å². The second kappa shape index (κ2) is 4.08. The molecule has 1 rings (SSSR count). The lowest BCUT2D eigenvalue weighted by Gasteiger charge is -2.17. The fourth-order valence-corrected chi connectivity index (χ4v) is 1.23. The Morgan fingerprint density at radius 3 is 2.57 bits per heavy atom. The first-order chi connectivity index (χ1) is 6.50. The first-order valence-corrected chi connectivity index (χ1v) is 4.24. The summed E-state index contributed by atoms with van der Waals surface area (Å²) in [5, 5.41) is 8.51. The van der Waals surface area contributed by atoms with Crippen molar-refractivity contribution in [3.63, 3.8) is 0 Å². The summed E-state index contributed by atoms with van der Waals surface area (Å²) in [5.74, 6) is -1.74. The minimum Gasteiger partial charge on any atom is -0.480 e. The molecule has 0 aromatic carbocycles. The van der Waals surface area contributed by atoms with Crippen molar-refractivity contribution < 1.29 is 19.5 Å². The molecule has 1 heterocycles. The van der Waals surface area contributed by atoms with Gasteiger partial charge >= 0.3 is 5.97 Å². The number of hydrogen-bond donors (Lipinski definition) is 1. The number of carboxylic acids is 1. The molecule has 1 aliphatic heterocycles. The molecule has 1 N–H and O–H groups in total. The molecule has 6 heteroatoms. The zero-order chi connectivity index (χ0) is 10.7. The predicted molar refractivity (Wildman–Crippen MR) is 46.5 cm³/mol. The molecule has 0 aromatic rings. The summed E-state index contributed by atoms with van der Waals surface area (Å²) in [6, 6.07) is 0. The summed E-state index contributed by atoms with van der Waals surface area (Å²) in [6.07, 6.45) is -0.232. The predicted octanol–water partition coefficient (Wildman–Crippen LogP) is -1.24. The Balaban J connectivity index is 2.65. The minimum atomic E-state index is -1.06. The molecule has 0 radical (unpaired) electrons. The second-order valence-electron chi connectivity index (χ2n) is 3.20. The summed E-state index contributed by atoms with van der Waals surface area (Å²) in [4.78, 5) is 35.5. The number of rotatable bonds is 2. The number of nitrogens with zero attached hydrogens (tertiary/aromatic N) is 2. The summed E-state index contributed by atoms with van der Waals surface area (Å²) >= 11 is 0. The van der Waals surface area contributed by atoms with Gasteiger partial charge in [0.05, 0.1) is 0 Å². The molecule has 0 unspecified atom stereocenters. The van der Waals surface area contributed by atoms with Crippen LogP contribution in [0.3, 0.4) is 0 Å². The van der Waals surface area contributed by atoms with Crippen LogP contribution in [0.2, 0.25) is 0 Å². The quantitative estimate of drug-likeness (QED) is 0.566. The molecule has 0 aliphatic carbocycles. The van der Waals surface area contributed by atoms with Crippen LogP contribution in [0, 0.1) is 0 Å². The van der Waals surface area contributed by atoms with E-state index in [4.69, 9.17) is 5.11 Å². The zero-order valence-corrected chi connectivity index (χ0v) is 7.89. The van der Waals surface area contributed by atoms with E-state index in [-0.39, 0.29) is 25.4 Å². The van der Waals surface area contributed by atoms with E-state index in [9.17, 15) is 14.4 Å². The average Bonchev–Trinajstić information content (AvgIpc) is 2.18. The molecular formula is C8H12N2O4. The van der Waals surface area contributed by atoms with Gasteiger partial charge in [0.1, 0.15) is 13.0 Å².